The molecule has 0 fully saturated rings. The number of carboxylic acid groups (broad SMARTS) is 1. The predicted octanol–water partition coefficient (Wildman–Crippen LogP) is 3.17. The van der Waals surface area contributed by atoms with Crippen molar-refractivity contribution in [1.82, 2.24) is 0 Å². The first-order chi connectivity index (χ1) is 5.55. The van der Waals surface area contributed by atoms with Gasteiger partial charge in [0.05, 0.1) is 0 Å². The lowest BCUT2D eigenvalue weighted by atomic mass is 9.65. The first-order valence-electron chi connectivity index (χ1n) is 4.77. The van der Waals surface area contributed by atoms with Gasteiger partial charge in [-0.25, -0.2) is 0 Å². The molecule has 0 radical (unpaired) electrons. The average molecular weight is 186 g/mol. The molecule has 0 aromatic rings. The normalized spacial score (nSPS) is 13.5. The van der Waals surface area contributed by atoms with E-state index in [9.17, 15) is 4.79 Å². The highest BCUT2D eigenvalue weighted by Gasteiger charge is 2.36. The molecule has 0 bridgehead atoms. The first kappa shape index (κ1) is 12.5. The highest BCUT2D eigenvalue weighted by atomic mass is 16.4. The van der Waals surface area contributed by atoms with Crippen molar-refractivity contribution in [3.8, 4) is 0 Å². The fourth-order valence-electron chi connectivity index (χ4n) is 2.09. The summed E-state index contributed by atoms with van der Waals surface area (Å²) in [7, 11) is 0. The molecule has 1 N–H and O–H groups in total. The van der Waals surface area contributed by atoms with Crippen LogP contribution in [-0.2, 0) is 4.79 Å². The molecule has 0 saturated carbocycles. The summed E-state index contributed by atoms with van der Waals surface area (Å²) < 4.78 is 0. The smallest absolute Gasteiger partial charge is 0.303 e. The summed E-state index contributed by atoms with van der Waals surface area (Å²) in [6, 6.07) is 0. The minimum absolute atomic E-state index is 0.0522. The van der Waals surface area contributed by atoms with Gasteiger partial charge < -0.3 is 5.11 Å². The quantitative estimate of drug-likeness (QED) is 0.719. The summed E-state index contributed by atoms with van der Waals surface area (Å²) in [6.07, 6.45) is 0.257. The molecular weight excluding hydrogens is 164 g/mol. The summed E-state index contributed by atoms with van der Waals surface area (Å²) in [6.45, 7) is 12.6. The second-order valence-electron chi connectivity index (χ2n) is 5.88. The van der Waals surface area contributed by atoms with Crippen molar-refractivity contribution in [2.75, 3.05) is 0 Å². The van der Waals surface area contributed by atoms with E-state index in [0.29, 0.717) is 0 Å². The maximum absolute atomic E-state index is 10.7. The van der Waals surface area contributed by atoms with E-state index in [0.717, 1.165) is 0 Å². The third kappa shape index (κ3) is 4.30. The van der Waals surface area contributed by atoms with Gasteiger partial charge in [0.15, 0.2) is 0 Å². The summed E-state index contributed by atoms with van der Waals surface area (Å²) in [5.74, 6) is -0.493. The van der Waals surface area contributed by atoms with Crippen molar-refractivity contribution in [2.24, 2.45) is 16.7 Å². The molecule has 0 atom stereocenters. The van der Waals surface area contributed by atoms with Crippen LogP contribution in [-0.4, -0.2) is 11.1 Å². The van der Waals surface area contributed by atoms with Crippen LogP contribution in [0.5, 0.6) is 0 Å². The van der Waals surface area contributed by atoms with E-state index in [1.54, 1.807) is 0 Å². The van der Waals surface area contributed by atoms with Crippen molar-refractivity contribution in [2.45, 2.75) is 48.0 Å². The zero-order chi connectivity index (χ0) is 10.9. The molecule has 2 nitrogen and oxygen atoms in total. The SMILES string of the molecule is CC(C)(C)C(CC(=O)O)C(C)(C)C. The van der Waals surface area contributed by atoms with Crippen LogP contribution in [0.3, 0.4) is 0 Å². The van der Waals surface area contributed by atoms with E-state index >= 15 is 0 Å². The topological polar surface area (TPSA) is 37.3 Å². The van der Waals surface area contributed by atoms with Crippen LogP contribution in [0.4, 0.5) is 0 Å². The van der Waals surface area contributed by atoms with E-state index in [-0.39, 0.29) is 23.2 Å². The third-order valence-electron chi connectivity index (χ3n) is 2.47. The number of carbonyl (C=O) groups is 1. The fraction of sp³-hybridized carbons (Fsp3) is 0.909. The van der Waals surface area contributed by atoms with Gasteiger partial charge in [-0.05, 0) is 16.7 Å². The maximum atomic E-state index is 10.7. The Balaban J connectivity index is 4.68. The molecule has 0 amide bonds. The molecule has 0 saturated heterocycles. The summed E-state index contributed by atoms with van der Waals surface area (Å²) in [4.78, 5) is 10.7. The van der Waals surface area contributed by atoms with Crippen molar-refractivity contribution in [3.63, 3.8) is 0 Å². The zero-order valence-corrected chi connectivity index (χ0v) is 9.64. The second kappa shape index (κ2) is 3.69. The molecule has 0 aromatic carbocycles. The largest absolute Gasteiger partial charge is 0.481 e. The van der Waals surface area contributed by atoms with Crippen LogP contribution < -0.4 is 0 Å². The van der Waals surface area contributed by atoms with Gasteiger partial charge in [-0.3, -0.25) is 4.79 Å². The molecule has 78 valence electrons. The Labute approximate surface area is 81.3 Å². The Kier molecular flexibility index (Phi) is 3.54. The van der Waals surface area contributed by atoms with Crippen molar-refractivity contribution in [3.05, 3.63) is 0 Å². The highest BCUT2D eigenvalue weighted by molar-refractivity contribution is 5.67. The van der Waals surface area contributed by atoms with Gasteiger partial charge in [0.25, 0.3) is 0 Å². The summed E-state index contributed by atoms with van der Waals surface area (Å²) in [5, 5.41) is 8.81. The van der Waals surface area contributed by atoms with E-state index in [4.69, 9.17) is 5.11 Å². The van der Waals surface area contributed by atoms with E-state index in [2.05, 4.69) is 41.5 Å². The molecule has 0 aliphatic rings. The van der Waals surface area contributed by atoms with E-state index < -0.39 is 5.97 Å². The van der Waals surface area contributed by atoms with Crippen molar-refractivity contribution < 1.29 is 9.90 Å². The van der Waals surface area contributed by atoms with Crippen LogP contribution in [0.1, 0.15) is 48.0 Å². The van der Waals surface area contributed by atoms with Gasteiger partial charge in [-0.2, -0.15) is 0 Å². The third-order valence-corrected chi connectivity index (χ3v) is 2.47. The Hall–Kier alpha value is -0.530. The van der Waals surface area contributed by atoms with Gasteiger partial charge in [-0.1, -0.05) is 41.5 Å². The van der Waals surface area contributed by atoms with E-state index in [1.165, 1.54) is 0 Å². The molecule has 0 unspecified atom stereocenters. The average Bonchev–Trinajstić information content (AvgIpc) is 1.77. The van der Waals surface area contributed by atoms with Gasteiger partial charge in [-0.15, -0.1) is 0 Å². The molecule has 0 aliphatic heterocycles. The van der Waals surface area contributed by atoms with Crippen LogP contribution in [0.15, 0.2) is 0 Å². The lowest BCUT2D eigenvalue weighted by Crippen LogP contribution is -2.34. The Morgan fingerprint density at radius 2 is 1.38 bits per heavy atom. The monoisotopic (exact) mass is 186 g/mol. The minimum atomic E-state index is -0.699. The number of hydrogen-bond donors (Lipinski definition) is 1. The van der Waals surface area contributed by atoms with Crippen LogP contribution in [0.25, 0.3) is 0 Å². The summed E-state index contributed by atoms with van der Waals surface area (Å²) in [5.41, 5.74) is 0.104. The number of hydrogen-bond acceptors (Lipinski definition) is 1. The summed E-state index contributed by atoms with van der Waals surface area (Å²) >= 11 is 0. The Morgan fingerprint density at radius 3 is 1.46 bits per heavy atom. The van der Waals surface area contributed by atoms with Gasteiger partial charge in [0.1, 0.15) is 0 Å². The minimum Gasteiger partial charge on any atom is -0.481 e. The second-order valence-corrected chi connectivity index (χ2v) is 5.88. The number of aliphatic carboxylic acids is 1. The maximum Gasteiger partial charge on any atom is 0.303 e. The van der Waals surface area contributed by atoms with Crippen LogP contribution in [0.2, 0.25) is 0 Å². The molecule has 13 heavy (non-hydrogen) atoms. The van der Waals surface area contributed by atoms with Gasteiger partial charge in [0, 0.05) is 6.42 Å². The predicted molar refractivity (Wildman–Crippen MR) is 54.7 cm³/mol. The molecular formula is C11H22O2. The zero-order valence-electron chi connectivity index (χ0n) is 9.64. The lowest BCUT2D eigenvalue weighted by molar-refractivity contribution is -0.140. The van der Waals surface area contributed by atoms with Crippen molar-refractivity contribution in [1.29, 1.82) is 0 Å². The van der Waals surface area contributed by atoms with E-state index in [1.807, 2.05) is 0 Å². The molecule has 0 spiro atoms. The fourth-order valence-corrected chi connectivity index (χ4v) is 2.09. The van der Waals surface area contributed by atoms with Crippen LogP contribution >= 0.6 is 0 Å². The molecule has 0 aromatic heterocycles. The van der Waals surface area contributed by atoms with Gasteiger partial charge >= 0.3 is 5.97 Å². The molecule has 0 aliphatic carbocycles. The van der Waals surface area contributed by atoms with Crippen LogP contribution in [0, 0.1) is 16.7 Å². The number of rotatable bonds is 2. The van der Waals surface area contributed by atoms with Crippen molar-refractivity contribution >= 4 is 5.97 Å². The Morgan fingerprint density at radius 1 is 1.08 bits per heavy atom. The molecule has 0 heterocycles. The highest BCUT2D eigenvalue weighted by Crippen LogP contribution is 2.41. The van der Waals surface area contributed by atoms with Gasteiger partial charge in [0.2, 0.25) is 0 Å². The first-order valence-corrected chi connectivity index (χ1v) is 4.77. The Bertz CT molecular complexity index is 167. The number of carboxylic acids is 1. The molecule has 2 heteroatoms. The lowest BCUT2D eigenvalue weighted by Gasteiger charge is -2.39. The molecule has 0 rings (SSSR count). The standard InChI is InChI=1S/C11H22O2/c1-10(2,3)8(7-9(12)13)11(4,5)6/h8H,7H2,1-6H3,(H,12,13).